The Morgan fingerprint density at radius 2 is 1.80 bits per heavy atom. The van der Waals surface area contributed by atoms with E-state index in [2.05, 4.69) is 26.0 Å². The SMILES string of the molecule is C/C=C/C(C)CC(C)/C=C/OC(=O)Cc1ccccc1. The second-order valence-corrected chi connectivity index (χ2v) is 5.20. The Hall–Kier alpha value is -1.83. The molecule has 0 saturated heterocycles. The van der Waals surface area contributed by atoms with E-state index in [0.29, 0.717) is 18.3 Å². The molecule has 0 amide bonds. The number of esters is 1. The smallest absolute Gasteiger partial charge is 0.315 e. The number of allylic oxidation sites excluding steroid dienone is 3. The van der Waals surface area contributed by atoms with Gasteiger partial charge in [0, 0.05) is 0 Å². The van der Waals surface area contributed by atoms with Gasteiger partial charge >= 0.3 is 5.97 Å². The first-order chi connectivity index (χ1) is 9.61. The maximum Gasteiger partial charge on any atom is 0.315 e. The second-order valence-electron chi connectivity index (χ2n) is 5.20. The van der Waals surface area contributed by atoms with Crippen LogP contribution < -0.4 is 0 Å². The minimum atomic E-state index is -0.221. The summed E-state index contributed by atoms with van der Waals surface area (Å²) in [6.07, 6.45) is 9.10. The molecule has 2 unspecified atom stereocenters. The zero-order valence-electron chi connectivity index (χ0n) is 12.6. The van der Waals surface area contributed by atoms with Gasteiger partial charge in [0.25, 0.3) is 0 Å². The van der Waals surface area contributed by atoms with Crippen LogP contribution >= 0.6 is 0 Å². The molecule has 0 radical (unpaired) electrons. The van der Waals surface area contributed by atoms with Crippen molar-refractivity contribution in [3.63, 3.8) is 0 Å². The van der Waals surface area contributed by atoms with Crippen molar-refractivity contribution in [2.45, 2.75) is 33.6 Å². The fourth-order valence-electron chi connectivity index (χ4n) is 2.13. The monoisotopic (exact) mass is 272 g/mol. The lowest BCUT2D eigenvalue weighted by molar-refractivity contribution is -0.137. The van der Waals surface area contributed by atoms with Crippen LogP contribution in [0.4, 0.5) is 0 Å². The molecule has 2 heteroatoms. The van der Waals surface area contributed by atoms with E-state index in [1.54, 1.807) is 0 Å². The van der Waals surface area contributed by atoms with Crippen LogP contribution in [0.25, 0.3) is 0 Å². The average Bonchev–Trinajstić information content (AvgIpc) is 2.39. The largest absolute Gasteiger partial charge is 0.435 e. The van der Waals surface area contributed by atoms with E-state index in [1.165, 1.54) is 6.26 Å². The summed E-state index contributed by atoms with van der Waals surface area (Å²) in [4.78, 5) is 11.6. The van der Waals surface area contributed by atoms with Gasteiger partial charge in [-0.05, 0) is 36.8 Å². The molecule has 0 aliphatic rings. The molecule has 0 aliphatic carbocycles. The standard InChI is InChI=1S/C18H24O2/c1-4-8-15(2)13-16(3)11-12-20-18(19)14-17-9-6-5-7-10-17/h4-12,15-16H,13-14H2,1-3H3/b8-4+,12-11+. The molecular formula is C18H24O2. The summed E-state index contributed by atoms with van der Waals surface area (Å²) >= 11 is 0. The Morgan fingerprint density at radius 3 is 2.45 bits per heavy atom. The molecule has 1 aromatic rings. The molecule has 2 atom stereocenters. The first-order valence-corrected chi connectivity index (χ1v) is 7.14. The van der Waals surface area contributed by atoms with Crippen LogP contribution in [0, 0.1) is 11.8 Å². The van der Waals surface area contributed by atoms with Crippen LogP contribution in [0.15, 0.2) is 54.8 Å². The van der Waals surface area contributed by atoms with Crippen molar-refractivity contribution >= 4 is 5.97 Å². The molecule has 0 aromatic heterocycles. The van der Waals surface area contributed by atoms with Crippen molar-refractivity contribution in [3.05, 3.63) is 60.4 Å². The van der Waals surface area contributed by atoms with Crippen LogP contribution in [0.1, 0.15) is 32.8 Å². The highest BCUT2D eigenvalue weighted by Gasteiger charge is 2.05. The molecule has 20 heavy (non-hydrogen) atoms. The number of ether oxygens (including phenoxy) is 1. The Morgan fingerprint density at radius 1 is 1.15 bits per heavy atom. The van der Waals surface area contributed by atoms with Crippen molar-refractivity contribution in [1.82, 2.24) is 0 Å². The lowest BCUT2D eigenvalue weighted by Crippen LogP contribution is -2.04. The minimum Gasteiger partial charge on any atom is -0.435 e. The zero-order chi connectivity index (χ0) is 14.8. The Bertz CT molecular complexity index is 446. The maximum absolute atomic E-state index is 11.6. The van der Waals surface area contributed by atoms with Crippen molar-refractivity contribution in [2.24, 2.45) is 11.8 Å². The summed E-state index contributed by atoms with van der Waals surface area (Å²) in [7, 11) is 0. The van der Waals surface area contributed by atoms with Crippen molar-refractivity contribution in [2.75, 3.05) is 0 Å². The van der Waals surface area contributed by atoms with Crippen LogP contribution in [0.5, 0.6) is 0 Å². The van der Waals surface area contributed by atoms with E-state index >= 15 is 0 Å². The molecule has 0 N–H and O–H groups in total. The highest BCUT2D eigenvalue weighted by Crippen LogP contribution is 2.14. The van der Waals surface area contributed by atoms with Crippen LogP contribution in [-0.2, 0) is 16.0 Å². The molecule has 0 fully saturated rings. The van der Waals surface area contributed by atoms with Gasteiger partial charge in [-0.1, -0.05) is 56.3 Å². The highest BCUT2D eigenvalue weighted by atomic mass is 16.5. The summed E-state index contributed by atoms with van der Waals surface area (Å²) in [6.45, 7) is 6.34. The van der Waals surface area contributed by atoms with Gasteiger partial charge < -0.3 is 4.74 Å². The van der Waals surface area contributed by atoms with Crippen LogP contribution in [-0.4, -0.2) is 5.97 Å². The van der Waals surface area contributed by atoms with E-state index in [-0.39, 0.29) is 5.97 Å². The molecule has 108 valence electrons. The summed E-state index contributed by atoms with van der Waals surface area (Å²) < 4.78 is 5.12. The van der Waals surface area contributed by atoms with E-state index in [0.717, 1.165) is 12.0 Å². The van der Waals surface area contributed by atoms with Crippen molar-refractivity contribution in [3.8, 4) is 0 Å². The van der Waals surface area contributed by atoms with Gasteiger partial charge in [0.2, 0.25) is 0 Å². The summed E-state index contributed by atoms with van der Waals surface area (Å²) in [6, 6.07) is 9.62. The molecule has 0 saturated carbocycles. The van der Waals surface area contributed by atoms with Gasteiger partial charge in [0.1, 0.15) is 0 Å². The van der Waals surface area contributed by atoms with Crippen LogP contribution in [0.3, 0.4) is 0 Å². The fourth-order valence-corrected chi connectivity index (χ4v) is 2.13. The zero-order valence-corrected chi connectivity index (χ0v) is 12.6. The molecule has 0 aliphatic heterocycles. The quantitative estimate of drug-likeness (QED) is 0.414. The Labute approximate surface area is 122 Å². The molecule has 0 heterocycles. The summed E-state index contributed by atoms with van der Waals surface area (Å²) in [5.74, 6) is 0.714. The van der Waals surface area contributed by atoms with Crippen molar-refractivity contribution in [1.29, 1.82) is 0 Å². The van der Waals surface area contributed by atoms with Crippen molar-refractivity contribution < 1.29 is 9.53 Å². The topological polar surface area (TPSA) is 26.3 Å². The molecule has 1 aromatic carbocycles. The lowest BCUT2D eigenvalue weighted by Gasteiger charge is -2.10. The molecular weight excluding hydrogens is 248 g/mol. The van der Waals surface area contributed by atoms with Gasteiger partial charge in [-0.3, -0.25) is 4.79 Å². The third-order valence-corrected chi connectivity index (χ3v) is 3.06. The maximum atomic E-state index is 11.6. The van der Waals surface area contributed by atoms with E-state index in [1.807, 2.05) is 43.3 Å². The third kappa shape index (κ3) is 6.93. The molecule has 2 nitrogen and oxygen atoms in total. The number of benzene rings is 1. The first kappa shape index (κ1) is 16.2. The number of rotatable bonds is 7. The van der Waals surface area contributed by atoms with E-state index < -0.39 is 0 Å². The second kappa shape index (κ2) is 9.13. The molecule has 0 bridgehead atoms. The number of hydrogen-bond donors (Lipinski definition) is 0. The lowest BCUT2D eigenvalue weighted by atomic mass is 9.97. The predicted molar refractivity (Wildman–Crippen MR) is 83.1 cm³/mol. The van der Waals surface area contributed by atoms with E-state index in [4.69, 9.17) is 4.74 Å². The fraction of sp³-hybridized carbons (Fsp3) is 0.389. The number of hydrogen-bond acceptors (Lipinski definition) is 2. The minimum absolute atomic E-state index is 0.221. The Kier molecular flexibility index (Phi) is 7.41. The van der Waals surface area contributed by atoms with Gasteiger partial charge in [0.15, 0.2) is 0 Å². The highest BCUT2D eigenvalue weighted by molar-refractivity contribution is 5.73. The molecule has 1 rings (SSSR count). The summed E-state index contributed by atoms with van der Waals surface area (Å²) in [5.41, 5.74) is 0.973. The molecule has 0 spiro atoms. The first-order valence-electron chi connectivity index (χ1n) is 7.14. The summed E-state index contributed by atoms with van der Waals surface area (Å²) in [5, 5.41) is 0. The van der Waals surface area contributed by atoms with Crippen LogP contribution in [0.2, 0.25) is 0 Å². The third-order valence-electron chi connectivity index (χ3n) is 3.06. The number of carbonyl (C=O) groups excluding carboxylic acids is 1. The number of carbonyl (C=O) groups is 1. The average molecular weight is 272 g/mol. The predicted octanol–water partition coefficient (Wildman–Crippen LogP) is 4.52. The van der Waals surface area contributed by atoms with E-state index in [9.17, 15) is 4.79 Å². The van der Waals surface area contributed by atoms with Gasteiger partial charge in [-0.15, -0.1) is 0 Å². The normalized spacial score (nSPS) is 14.6. The van der Waals surface area contributed by atoms with Gasteiger partial charge in [0.05, 0.1) is 12.7 Å². The van der Waals surface area contributed by atoms with Gasteiger partial charge in [-0.2, -0.15) is 0 Å². The van der Waals surface area contributed by atoms with Gasteiger partial charge in [-0.25, -0.2) is 0 Å². The Balaban J connectivity index is 2.31.